The molecule has 1 atom stereocenters. The summed E-state index contributed by atoms with van der Waals surface area (Å²) in [7, 11) is 0. The van der Waals surface area contributed by atoms with Gasteiger partial charge in [-0.15, -0.1) is 0 Å². The minimum atomic E-state index is -1.29. The lowest BCUT2D eigenvalue weighted by Crippen LogP contribution is -2.54. The van der Waals surface area contributed by atoms with Crippen LogP contribution in [0.15, 0.2) is 24.3 Å². The van der Waals surface area contributed by atoms with Crippen LogP contribution < -0.4 is 10.1 Å². The van der Waals surface area contributed by atoms with Crippen molar-refractivity contribution in [2.45, 2.75) is 25.8 Å². The quantitative estimate of drug-likeness (QED) is 0.557. The molecule has 0 radical (unpaired) electrons. The van der Waals surface area contributed by atoms with Crippen LogP contribution in [0, 0.1) is 10.1 Å². The van der Waals surface area contributed by atoms with E-state index in [0.29, 0.717) is 6.54 Å². The van der Waals surface area contributed by atoms with E-state index in [2.05, 4.69) is 5.32 Å². The molecule has 1 aromatic carbocycles. The van der Waals surface area contributed by atoms with E-state index in [0.717, 1.165) is 6.42 Å². The summed E-state index contributed by atoms with van der Waals surface area (Å²) in [6, 6.07) is 5.88. The van der Waals surface area contributed by atoms with Crippen molar-refractivity contribution in [1.29, 1.82) is 0 Å². The molecule has 0 fully saturated rings. The molecule has 20 heavy (non-hydrogen) atoms. The Morgan fingerprint density at radius 2 is 2.15 bits per heavy atom. The Hall–Kier alpha value is -2.15. The van der Waals surface area contributed by atoms with Gasteiger partial charge in [0.1, 0.15) is 12.1 Å². The van der Waals surface area contributed by atoms with Crippen molar-refractivity contribution in [3.05, 3.63) is 34.4 Å². The van der Waals surface area contributed by atoms with Gasteiger partial charge in [0.15, 0.2) is 5.75 Å². The molecule has 1 unspecified atom stereocenters. The SMILES string of the molecule is CCCNC(C)(COc1ccccc1[N+](=O)[O-])C(=O)O. The van der Waals surface area contributed by atoms with Gasteiger partial charge in [0.25, 0.3) is 0 Å². The smallest absolute Gasteiger partial charge is 0.327 e. The third-order valence-electron chi connectivity index (χ3n) is 2.82. The first-order valence-electron chi connectivity index (χ1n) is 6.25. The molecule has 0 amide bonds. The van der Waals surface area contributed by atoms with Crippen molar-refractivity contribution in [3.8, 4) is 5.75 Å². The zero-order valence-corrected chi connectivity index (χ0v) is 11.5. The predicted octanol–water partition coefficient (Wildman–Crippen LogP) is 1.82. The van der Waals surface area contributed by atoms with Crippen molar-refractivity contribution in [1.82, 2.24) is 5.32 Å². The van der Waals surface area contributed by atoms with Gasteiger partial charge < -0.3 is 9.84 Å². The van der Waals surface area contributed by atoms with E-state index in [1.807, 2.05) is 6.92 Å². The summed E-state index contributed by atoms with van der Waals surface area (Å²) in [5.41, 5.74) is -1.48. The summed E-state index contributed by atoms with van der Waals surface area (Å²) in [6.07, 6.45) is 0.772. The molecule has 7 nitrogen and oxygen atoms in total. The largest absolute Gasteiger partial charge is 0.484 e. The summed E-state index contributed by atoms with van der Waals surface area (Å²) in [5.74, 6) is -1.01. The molecule has 0 aliphatic carbocycles. The van der Waals surface area contributed by atoms with Gasteiger partial charge in [-0.25, -0.2) is 0 Å². The number of carbonyl (C=O) groups is 1. The maximum atomic E-state index is 11.3. The molecule has 2 N–H and O–H groups in total. The average molecular weight is 282 g/mol. The van der Waals surface area contributed by atoms with Crippen molar-refractivity contribution < 1.29 is 19.6 Å². The van der Waals surface area contributed by atoms with Gasteiger partial charge in [-0.05, 0) is 26.0 Å². The number of nitrogens with zero attached hydrogens (tertiary/aromatic N) is 1. The Labute approximate surface area is 116 Å². The van der Waals surface area contributed by atoms with Gasteiger partial charge in [0.05, 0.1) is 4.92 Å². The van der Waals surface area contributed by atoms with Gasteiger partial charge in [-0.2, -0.15) is 0 Å². The summed E-state index contributed by atoms with van der Waals surface area (Å²) in [4.78, 5) is 21.6. The molecule has 1 aromatic rings. The fourth-order valence-electron chi connectivity index (χ4n) is 1.54. The number of nitro groups is 1. The summed E-state index contributed by atoms with van der Waals surface area (Å²) >= 11 is 0. The van der Waals surface area contributed by atoms with Gasteiger partial charge >= 0.3 is 11.7 Å². The van der Waals surface area contributed by atoms with Gasteiger partial charge in [-0.3, -0.25) is 20.2 Å². The number of aliphatic carboxylic acids is 1. The number of hydrogen-bond acceptors (Lipinski definition) is 5. The lowest BCUT2D eigenvalue weighted by molar-refractivity contribution is -0.385. The lowest BCUT2D eigenvalue weighted by atomic mass is 10.0. The molecule has 0 heterocycles. The van der Waals surface area contributed by atoms with Gasteiger partial charge in [-0.1, -0.05) is 19.1 Å². The summed E-state index contributed by atoms with van der Waals surface area (Å²) < 4.78 is 5.34. The second kappa shape index (κ2) is 6.85. The number of para-hydroxylation sites is 2. The highest BCUT2D eigenvalue weighted by Gasteiger charge is 2.34. The number of nitrogens with one attached hydrogen (secondary N) is 1. The Morgan fingerprint density at radius 1 is 1.50 bits per heavy atom. The van der Waals surface area contributed by atoms with E-state index < -0.39 is 16.4 Å². The van der Waals surface area contributed by atoms with Crippen LogP contribution in [0.5, 0.6) is 5.75 Å². The number of carboxylic acids is 1. The van der Waals surface area contributed by atoms with E-state index >= 15 is 0 Å². The van der Waals surface area contributed by atoms with E-state index in [4.69, 9.17) is 4.74 Å². The zero-order chi connectivity index (χ0) is 15.2. The van der Waals surface area contributed by atoms with Crippen LogP contribution in [-0.2, 0) is 4.79 Å². The Bertz CT molecular complexity index is 491. The van der Waals surface area contributed by atoms with Crippen LogP contribution in [0.3, 0.4) is 0 Å². The molecule has 0 aliphatic rings. The molecule has 0 spiro atoms. The Morgan fingerprint density at radius 3 is 2.70 bits per heavy atom. The van der Waals surface area contributed by atoms with Crippen LogP contribution in [0.2, 0.25) is 0 Å². The highest BCUT2D eigenvalue weighted by Crippen LogP contribution is 2.26. The number of benzene rings is 1. The number of ether oxygens (including phenoxy) is 1. The third kappa shape index (κ3) is 3.92. The molecule has 0 saturated carbocycles. The normalized spacial score (nSPS) is 13.5. The number of rotatable bonds is 8. The van der Waals surface area contributed by atoms with E-state index in [1.54, 1.807) is 6.07 Å². The summed E-state index contributed by atoms with van der Waals surface area (Å²) in [5, 5.41) is 23.0. The first kappa shape index (κ1) is 15.9. The van der Waals surface area contributed by atoms with Crippen LogP contribution in [0.1, 0.15) is 20.3 Å². The van der Waals surface area contributed by atoms with Crippen LogP contribution >= 0.6 is 0 Å². The lowest BCUT2D eigenvalue weighted by Gasteiger charge is -2.26. The van der Waals surface area contributed by atoms with Gasteiger partial charge in [0.2, 0.25) is 0 Å². The molecular formula is C13H18N2O5. The number of nitro benzene ring substituents is 1. The van der Waals surface area contributed by atoms with Crippen LogP contribution in [-0.4, -0.2) is 34.7 Å². The van der Waals surface area contributed by atoms with Crippen molar-refractivity contribution in [2.24, 2.45) is 0 Å². The first-order chi connectivity index (χ1) is 9.40. The number of hydrogen-bond donors (Lipinski definition) is 2. The molecule has 110 valence electrons. The van der Waals surface area contributed by atoms with Crippen molar-refractivity contribution in [3.63, 3.8) is 0 Å². The topological polar surface area (TPSA) is 102 Å². The highest BCUT2D eigenvalue weighted by molar-refractivity contribution is 5.78. The monoisotopic (exact) mass is 282 g/mol. The minimum Gasteiger partial charge on any atom is -0.484 e. The standard InChI is InChI=1S/C13H18N2O5/c1-3-8-14-13(2,12(16)17)9-20-11-7-5-4-6-10(11)15(18)19/h4-7,14H,3,8-9H2,1-2H3,(H,16,17). The Balaban J connectivity index is 2.83. The fraction of sp³-hybridized carbons (Fsp3) is 0.462. The molecule has 0 aliphatic heterocycles. The van der Waals surface area contributed by atoms with Crippen molar-refractivity contribution >= 4 is 11.7 Å². The maximum Gasteiger partial charge on any atom is 0.327 e. The van der Waals surface area contributed by atoms with E-state index in [9.17, 15) is 20.0 Å². The van der Waals surface area contributed by atoms with E-state index in [1.165, 1.54) is 25.1 Å². The highest BCUT2D eigenvalue weighted by atomic mass is 16.6. The maximum absolute atomic E-state index is 11.3. The number of carboxylic acid groups (broad SMARTS) is 1. The second-order valence-electron chi connectivity index (χ2n) is 4.58. The van der Waals surface area contributed by atoms with E-state index in [-0.39, 0.29) is 18.0 Å². The third-order valence-corrected chi connectivity index (χ3v) is 2.82. The van der Waals surface area contributed by atoms with Crippen LogP contribution in [0.25, 0.3) is 0 Å². The molecule has 7 heteroatoms. The molecule has 0 saturated heterocycles. The van der Waals surface area contributed by atoms with Crippen molar-refractivity contribution in [2.75, 3.05) is 13.2 Å². The first-order valence-corrected chi connectivity index (χ1v) is 6.25. The molecule has 0 aromatic heterocycles. The van der Waals surface area contributed by atoms with Gasteiger partial charge in [0, 0.05) is 6.07 Å². The fourth-order valence-corrected chi connectivity index (χ4v) is 1.54. The van der Waals surface area contributed by atoms with Crippen LogP contribution in [0.4, 0.5) is 5.69 Å². The average Bonchev–Trinajstić information content (AvgIpc) is 2.43. The zero-order valence-electron chi connectivity index (χ0n) is 11.5. The Kier molecular flexibility index (Phi) is 5.45. The predicted molar refractivity (Wildman–Crippen MR) is 72.9 cm³/mol. The minimum absolute atomic E-state index is 0.0586. The molecule has 1 rings (SSSR count). The second-order valence-corrected chi connectivity index (χ2v) is 4.58. The summed E-state index contributed by atoms with van der Waals surface area (Å²) in [6.45, 7) is 3.72. The molecule has 0 bridgehead atoms. The molecular weight excluding hydrogens is 264 g/mol.